The quantitative estimate of drug-likeness (QED) is 0.461. The molecule has 4 rings (SSSR count). The van der Waals surface area contributed by atoms with Gasteiger partial charge in [-0.2, -0.15) is 0 Å². The zero-order valence-corrected chi connectivity index (χ0v) is 18.8. The molecule has 8 heteroatoms. The number of benzene rings is 2. The van der Waals surface area contributed by atoms with Gasteiger partial charge in [-0.1, -0.05) is 54.6 Å². The summed E-state index contributed by atoms with van der Waals surface area (Å²) < 4.78 is 5.50. The molecule has 1 unspecified atom stereocenters. The van der Waals surface area contributed by atoms with E-state index in [2.05, 4.69) is 22.8 Å². The Bertz CT molecular complexity index is 1120. The van der Waals surface area contributed by atoms with E-state index in [1.165, 1.54) is 11.3 Å². The molecule has 0 fully saturated rings. The summed E-state index contributed by atoms with van der Waals surface area (Å²) in [5.74, 6) is -1.66. The minimum absolute atomic E-state index is 0.0520. The molecule has 1 aliphatic rings. The SMILES string of the molecule is C[C@H](CC(=O)NC(C(=O)O)c1cccs1)NC(=O)OCC1c2ccccc2-c2ccccc21. The molecule has 2 atom stereocenters. The van der Waals surface area contributed by atoms with Crippen LogP contribution in [0.15, 0.2) is 66.0 Å². The van der Waals surface area contributed by atoms with Gasteiger partial charge in [-0.3, -0.25) is 4.79 Å². The highest BCUT2D eigenvalue weighted by Crippen LogP contribution is 2.44. The van der Waals surface area contributed by atoms with E-state index in [0.29, 0.717) is 4.88 Å². The van der Waals surface area contributed by atoms with Crippen LogP contribution in [0.4, 0.5) is 4.79 Å². The van der Waals surface area contributed by atoms with Crippen LogP contribution in [0.2, 0.25) is 0 Å². The van der Waals surface area contributed by atoms with Crippen molar-refractivity contribution in [3.63, 3.8) is 0 Å². The van der Waals surface area contributed by atoms with Crippen molar-refractivity contribution >= 4 is 29.3 Å². The van der Waals surface area contributed by atoms with Crippen molar-refractivity contribution in [1.29, 1.82) is 0 Å². The second-order valence-corrected chi connectivity index (χ2v) is 8.91. The number of hydrogen-bond donors (Lipinski definition) is 3. The Hall–Kier alpha value is -3.65. The van der Waals surface area contributed by atoms with Crippen molar-refractivity contribution in [2.75, 3.05) is 6.61 Å². The number of rotatable bonds is 8. The third-order valence-electron chi connectivity index (χ3n) is 5.58. The van der Waals surface area contributed by atoms with Crippen LogP contribution in [0.1, 0.15) is 41.3 Å². The first-order valence-electron chi connectivity index (χ1n) is 10.6. The number of alkyl carbamates (subject to hydrolysis) is 1. The maximum Gasteiger partial charge on any atom is 0.407 e. The van der Waals surface area contributed by atoms with Gasteiger partial charge in [0.15, 0.2) is 6.04 Å². The maximum atomic E-state index is 12.4. The van der Waals surface area contributed by atoms with Crippen LogP contribution in [0.25, 0.3) is 11.1 Å². The number of fused-ring (bicyclic) bond motifs is 3. The molecule has 1 aliphatic carbocycles. The second-order valence-electron chi connectivity index (χ2n) is 7.93. The number of carboxylic acid groups (broad SMARTS) is 1. The Morgan fingerprint density at radius 1 is 0.970 bits per heavy atom. The van der Waals surface area contributed by atoms with Crippen molar-refractivity contribution in [2.45, 2.75) is 31.3 Å². The lowest BCUT2D eigenvalue weighted by atomic mass is 9.98. The number of hydrogen-bond acceptors (Lipinski definition) is 5. The van der Waals surface area contributed by atoms with Crippen LogP contribution in [-0.2, 0) is 14.3 Å². The van der Waals surface area contributed by atoms with E-state index in [-0.39, 0.29) is 18.9 Å². The zero-order chi connectivity index (χ0) is 23.4. The number of carbonyl (C=O) groups excluding carboxylic acids is 2. The van der Waals surface area contributed by atoms with Gasteiger partial charge in [0.05, 0.1) is 0 Å². The number of amides is 2. The molecular formula is C25H24N2O5S. The molecule has 1 aromatic heterocycles. The van der Waals surface area contributed by atoms with Crippen molar-refractivity contribution < 1.29 is 24.2 Å². The smallest absolute Gasteiger partial charge is 0.407 e. The fourth-order valence-electron chi connectivity index (χ4n) is 4.10. The fourth-order valence-corrected chi connectivity index (χ4v) is 4.87. The third-order valence-corrected chi connectivity index (χ3v) is 6.52. The van der Waals surface area contributed by atoms with Gasteiger partial charge in [-0.05, 0) is 40.6 Å². The van der Waals surface area contributed by atoms with Gasteiger partial charge in [-0.15, -0.1) is 11.3 Å². The van der Waals surface area contributed by atoms with Gasteiger partial charge < -0.3 is 20.5 Å². The van der Waals surface area contributed by atoms with E-state index in [4.69, 9.17) is 4.74 Å². The molecule has 1 heterocycles. The summed E-state index contributed by atoms with van der Waals surface area (Å²) in [6.45, 7) is 1.85. The highest BCUT2D eigenvalue weighted by atomic mass is 32.1. The molecule has 0 radical (unpaired) electrons. The highest BCUT2D eigenvalue weighted by Gasteiger charge is 2.29. The van der Waals surface area contributed by atoms with Crippen molar-refractivity contribution in [3.05, 3.63) is 82.0 Å². The monoisotopic (exact) mass is 464 g/mol. The lowest BCUT2D eigenvalue weighted by Crippen LogP contribution is -2.40. The molecular weight excluding hydrogens is 440 g/mol. The lowest BCUT2D eigenvalue weighted by Gasteiger charge is -2.18. The number of ether oxygens (including phenoxy) is 1. The summed E-state index contributed by atoms with van der Waals surface area (Å²) >= 11 is 1.25. The number of aliphatic carboxylic acids is 1. The Morgan fingerprint density at radius 2 is 1.61 bits per heavy atom. The third kappa shape index (κ3) is 5.06. The van der Waals surface area contributed by atoms with Gasteiger partial charge in [0.1, 0.15) is 6.61 Å². The standard InChI is InChI=1S/C25H24N2O5S/c1-15(13-22(28)27-23(24(29)30)21-11-6-12-33-21)26-25(31)32-14-20-18-9-4-2-7-16(18)17-8-3-5-10-19(17)20/h2-12,15,20,23H,13-14H2,1H3,(H,26,31)(H,27,28)(H,29,30)/t15-,23?/m1/s1. The normalized spacial score (nSPS) is 14.0. The first-order chi connectivity index (χ1) is 15.9. The summed E-state index contributed by atoms with van der Waals surface area (Å²) in [4.78, 5) is 36.7. The zero-order valence-electron chi connectivity index (χ0n) is 18.0. The van der Waals surface area contributed by atoms with E-state index >= 15 is 0 Å². The summed E-state index contributed by atoms with van der Waals surface area (Å²) in [6, 6.07) is 17.9. The lowest BCUT2D eigenvalue weighted by molar-refractivity contribution is -0.142. The van der Waals surface area contributed by atoms with Crippen LogP contribution in [0, 0.1) is 0 Å². The van der Waals surface area contributed by atoms with Crippen LogP contribution in [0.3, 0.4) is 0 Å². The molecule has 0 saturated carbocycles. The van der Waals surface area contributed by atoms with Crippen molar-refractivity contribution in [2.24, 2.45) is 0 Å². The predicted octanol–water partition coefficient (Wildman–Crippen LogP) is 4.31. The Balaban J connectivity index is 1.30. The summed E-state index contributed by atoms with van der Waals surface area (Å²) in [5, 5.41) is 16.3. The first kappa shape index (κ1) is 22.5. The number of thiophene rings is 1. The second kappa shape index (κ2) is 9.87. The molecule has 0 saturated heterocycles. The van der Waals surface area contributed by atoms with E-state index in [0.717, 1.165) is 22.3 Å². The number of carboxylic acids is 1. The van der Waals surface area contributed by atoms with Gasteiger partial charge in [0.25, 0.3) is 0 Å². The molecule has 2 aromatic carbocycles. The predicted molar refractivity (Wildman–Crippen MR) is 125 cm³/mol. The van der Waals surface area contributed by atoms with Crippen molar-refractivity contribution in [1.82, 2.24) is 10.6 Å². The van der Waals surface area contributed by atoms with Crippen LogP contribution >= 0.6 is 11.3 Å². The Morgan fingerprint density at radius 3 is 2.18 bits per heavy atom. The van der Waals surface area contributed by atoms with Crippen molar-refractivity contribution in [3.8, 4) is 11.1 Å². The van der Waals surface area contributed by atoms with Gasteiger partial charge in [0, 0.05) is 23.3 Å². The molecule has 0 spiro atoms. The van der Waals surface area contributed by atoms with E-state index in [1.807, 2.05) is 36.4 Å². The molecule has 33 heavy (non-hydrogen) atoms. The maximum absolute atomic E-state index is 12.4. The summed E-state index contributed by atoms with van der Waals surface area (Å²) in [7, 11) is 0. The molecule has 0 aliphatic heterocycles. The molecule has 3 N–H and O–H groups in total. The highest BCUT2D eigenvalue weighted by molar-refractivity contribution is 7.10. The average molecular weight is 465 g/mol. The molecule has 0 bridgehead atoms. The van der Waals surface area contributed by atoms with Gasteiger partial charge in [0.2, 0.25) is 5.91 Å². The first-order valence-corrected chi connectivity index (χ1v) is 11.5. The number of nitrogens with one attached hydrogen (secondary N) is 2. The minimum atomic E-state index is -1.14. The van der Waals surface area contributed by atoms with Crippen LogP contribution < -0.4 is 10.6 Å². The van der Waals surface area contributed by atoms with E-state index in [9.17, 15) is 19.5 Å². The topological polar surface area (TPSA) is 105 Å². The molecule has 7 nitrogen and oxygen atoms in total. The largest absolute Gasteiger partial charge is 0.479 e. The van der Waals surface area contributed by atoms with Gasteiger partial charge >= 0.3 is 12.1 Å². The Labute approximate surface area is 195 Å². The van der Waals surface area contributed by atoms with Crippen LogP contribution in [-0.4, -0.2) is 35.7 Å². The van der Waals surface area contributed by atoms with Crippen LogP contribution in [0.5, 0.6) is 0 Å². The minimum Gasteiger partial charge on any atom is -0.479 e. The Kier molecular flexibility index (Phi) is 6.74. The molecule has 170 valence electrons. The number of carbonyl (C=O) groups is 3. The van der Waals surface area contributed by atoms with Gasteiger partial charge in [-0.25, -0.2) is 9.59 Å². The van der Waals surface area contributed by atoms with E-state index < -0.39 is 30.1 Å². The summed E-state index contributed by atoms with van der Waals surface area (Å²) in [5.41, 5.74) is 4.52. The molecule has 2 amide bonds. The summed E-state index contributed by atoms with van der Waals surface area (Å²) in [6.07, 6.45) is -0.690. The fraction of sp³-hybridized carbons (Fsp3) is 0.240. The average Bonchev–Trinajstić information content (AvgIpc) is 3.42. The van der Waals surface area contributed by atoms with E-state index in [1.54, 1.807) is 24.4 Å². The molecule has 3 aromatic rings.